The van der Waals surface area contributed by atoms with Crippen molar-refractivity contribution in [2.75, 3.05) is 6.61 Å². The first-order valence-corrected chi connectivity index (χ1v) is 15.2. The molecule has 0 aromatic rings. The van der Waals surface area contributed by atoms with Gasteiger partial charge < -0.3 is 15.3 Å². The van der Waals surface area contributed by atoms with E-state index >= 15 is 0 Å². The number of hydrogen-bond acceptors (Lipinski definition) is 3. The second-order valence-corrected chi connectivity index (χ2v) is 13.2. The summed E-state index contributed by atoms with van der Waals surface area (Å²) in [6.07, 6.45) is 19.2. The van der Waals surface area contributed by atoms with Crippen LogP contribution in [0.5, 0.6) is 0 Å². The quantitative estimate of drug-likeness (QED) is 0.240. The predicted octanol–water partition coefficient (Wildman–Crippen LogP) is 7.76. The number of aliphatic hydroxyl groups excluding tert-OH is 3. The van der Waals surface area contributed by atoms with Crippen LogP contribution in [0.2, 0.25) is 0 Å². The summed E-state index contributed by atoms with van der Waals surface area (Å²) in [7, 11) is 0. The minimum absolute atomic E-state index is 0.123. The van der Waals surface area contributed by atoms with E-state index in [-0.39, 0.29) is 12.5 Å². The highest BCUT2D eigenvalue weighted by molar-refractivity contribution is 5.39. The number of allylic oxidation sites excluding steroid dienone is 3. The fourth-order valence-corrected chi connectivity index (χ4v) is 8.01. The Hall–Kier alpha value is -0.900. The van der Waals surface area contributed by atoms with Gasteiger partial charge in [-0.05, 0) is 91.6 Å². The third-order valence-electron chi connectivity index (χ3n) is 10.2. The molecule has 3 fully saturated rings. The Kier molecular flexibility index (Phi) is 11.3. The highest BCUT2D eigenvalue weighted by Crippen LogP contribution is 2.60. The Morgan fingerprint density at radius 2 is 1.75 bits per heavy atom. The lowest BCUT2D eigenvalue weighted by molar-refractivity contribution is 0.0128. The average Bonchev–Trinajstić information content (AvgIpc) is 3.19. The molecule has 0 bridgehead atoms. The van der Waals surface area contributed by atoms with E-state index in [1.807, 2.05) is 0 Å². The molecule has 0 aromatic heterocycles. The first-order chi connectivity index (χ1) is 17.2. The summed E-state index contributed by atoms with van der Waals surface area (Å²) in [5, 5.41) is 30.8. The lowest BCUT2D eigenvalue weighted by Crippen LogP contribution is -2.38. The smallest absolute Gasteiger partial charge is 0.0839 e. The van der Waals surface area contributed by atoms with Crippen molar-refractivity contribution in [1.82, 2.24) is 0 Å². The van der Waals surface area contributed by atoms with Gasteiger partial charge in [0.25, 0.3) is 0 Å². The number of rotatable bonds is 12. The van der Waals surface area contributed by atoms with Crippen LogP contribution in [0.3, 0.4) is 0 Å². The Morgan fingerprint density at radius 3 is 2.47 bits per heavy atom. The van der Waals surface area contributed by atoms with E-state index in [0.717, 1.165) is 61.0 Å². The Labute approximate surface area is 222 Å². The number of hydrogen-bond donors (Lipinski definition) is 3. The van der Waals surface area contributed by atoms with Crippen LogP contribution in [-0.4, -0.2) is 34.1 Å². The van der Waals surface area contributed by atoms with Crippen LogP contribution in [0.25, 0.3) is 0 Å². The summed E-state index contributed by atoms with van der Waals surface area (Å²) < 4.78 is 0. The van der Waals surface area contributed by atoms with Gasteiger partial charge in [-0.1, -0.05) is 90.5 Å². The van der Waals surface area contributed by atoms with E-state index in [1.54, 1.807) is 5.57 Å². The maximum absolute atomic E-state index is 10.9. The Balaban J connectivity index is 1.63. The Bertz CT molecular complexity index is 765. The van der Waals surface area contributed by atoms with Gasteiger partial charge in [-0.15, -0.1) is 0 Å². The van der Waals surface area contributed by atoms with Crippen LogP contribution in [0, 0.1) is 35.0 Å². The molecule has 0 radical (unpaired) electrons. The normalized spacial score (nSPS) is 36.1. The number of unbranched alkanes of at least 4 members (excludes halogenated alkanes) is 3. The molecule has 36 heavy (non-hydrogen) atoms. The van der Waals surface area contributed by atoms with Crippen LogP contribution in [-0.2, 0) is 0 Å². The van der Waals surface area contributed by atoms with Crippen LogP contribution in [0.15, 0.2) is 35.5 Å². The van der Waals surface area contributed by atoms with Crippen molar-refractivity contribution in [3.05, 3.63) is 35.5 Å². The highest BCUT2D eigenvalue weighted by Gasteiger charge is 2.50. The molecule has 0 saturated heterocycles. The standard InChI is InChI=1S/C33H56O3/c1-23(2)12-10-13-24(3)29-18-19-30-26(14-11-20-33(29,30)5)16-17-27-22-31(35)28(32(36)25(27)4)15-8-6-7-9-21-34/h16-17,23-24,28-32,34-36H,4,6-15,18-22H2,1-3,5H3/t24-,28-,29-,30+,31-,32-,33-/m1/s1. The highest BCUT2D eigenvalue weighted by atomic mass is 16.3. The summed E-state index contributed by atoms with van der Waals surface area (Å²) in [5.41, 5.74) is 3.85. The van der Waals surface area contributed by atoms with Gasteiger partial charge in [0.15, 0.2) is 0 Å². The lowest BCUT2D eigenvalue weighted by Gasteiger charge is -2.44. The Morgan fingerprint density at radius 1 is 1.00 bits per heavy atom. The number of fused-ring (bicyclic) bond motifs is 1. The summed E-state index contributed by atoms with van der Waals surface area (Å²) in [5.74, 6) is 3.00. The summed E-state index contributed by atoms with van der Waals surface area (Å²) in [6, 6.07) is 0. The second kappa shape index (κ2) is 13.8. The van der Waals surface area contributed by atoms with Gasteiger partial charge >= 0.3 is 0 Å². The maximum atomic E-state index is 10.9. The molecule has 0 unspecified atom stereocenters. The SMILES string of the molecule is C=C1C(=CC=C2CCC[C@]3(C)[C@@H]([C@H](C)CCCC(C)C)CC[C@@H]23)C[C@@H](O)[C@@H](CCCCCCO)[C@@H]1O. The molecule has 3 N–H and O–H groups in total. The van der Waals surface area contributed by atoms with Crippen molar-refractivity contribution in [3.63, 3.8) is 0 Å². The van der Waals surface area contributed by atoms with Crippen LogP contribution >= 0.6 is 0 Å². The molecule has 7 atom stereocenters. The van der Waals surface area contributed by atoms with Crippen LogP contribution in [0.4, 0.5) is 0 Å². The number of aliphatic hydroxyl groups is 3. The van der Waals surface area contributed by atoms with Gasteiger partial charge in [0.05, 0.1) is 12.2 Å². The van der Waals surface area contributed by atoms with Gasteiger partial charge in [-0.2, -0.15) is 0 Å². The lowest BCUT2D eigenvalue weighted by atomic mass is 9.60. The molecule has 0 spiro atoms. The van der Waals surface area contributed by atoms with Crippen molar-refractivity contribution in [2.24, 2.45) is 35.0 Å². The predicted molar refractivity (Wildman–Crippen MR) is 152 cm³/mol. The van der Waals surface area contributed by atoms with Gasteiger partial charge in [-0.3, -0.25) is 0 Å². The third-order valence-corrected chi connectivity index (χ3v) is 10.2. The topological polar surface area (TPSA) is 60.7 Å². The van der Waals surface area contributed by atoms with Gasteiger partial charge in [0.1, 0.15) is 0 Å². The molecule has 0 aliphatic heterocycles. The minimum atomic E-state index is -0.657. The maximum Gasteiger partial charge on any atom is 0.0839 e. The summed E-state index contributed by atoms with van der Waals surface area (Å²) in [6.45, 7) is 14.3. The van der Waals surface area contributed by atoms with E-state index < -0.39 is 12.2 Å². The summed E-state index contributed by atoms with van der Waals surface area (Å²) in [4.78, 5) is 0. The molecule has 206 valence electrons. The van der Waals surface area contributed by atoms with Crippen molar-refractivity contribution < 1.29 is 15.3 Å². The summed E-state index contributed by atoms with van der Waals surface area (Å²) >= 11 is 0. The van der Waals surface area contributed by atoms with Gasteiger partial charge in [0.2, 0.25) is 0 Å². The van der Waals surface area contributed by atoms with Gasteiger partial charge in [0, 0.05) is 12.5 Å². The molecule has 3 rings (SSSR count). The zero-order valence-corrected chi connectivity index (χ0v) is 23.9. The molecular formula is C33H56O3. The fraction of sp³-hybridized carbons (Fsp3) is 0.818. The van der Waals surface area contributed by atoms with Crippen molar-refractivity contribution in [2.45, 2.75) is 130 Å². The monoisotopic (exact) mass is 500 g/mol. The van der Waals surface area contributed by atoms with E-state index in [2.05, 4.69) is 46.4 Å². The second-order valence-electron chi connectivity index (χ2n) is 13.2. The van der Waals surface area contributed by atoms with E-state index in [4.69, 9.17) is 5.11 Å². The first kappa shape index (κ1) is 29.7. The van der Waals surface area contributed by atoms with Crippen molar-refractivity contribution >= 4 is 0 Å². The molecule has 0 amide bonds. The third kappa shape index (κ3) is 7.14. The van der Waals surface area contributed by atoms with Gasteiger partial charge in [-0.25, -0.2) is 0 Å². The molecule has 3 nitrogen and oxygen atoms in total. The molecule has 0 aromatic carbocycles. The molecule has 3 aliphatic rings. The molecule has 0 heterocycles. The zero-order chi connectivity index (χ0) is 26.3. The molecule has 3 saturated carbocycles. The fourth-order valence-electron chi connectivity index (χ4n) is 8.01. The van der Waals surface area contributed by atoms with E-state index in [1.165, 1.54) is 51.4 Å². The molecular weight excluding hydrogens is 444 g/mol. The molecule has 3 heteroatoms. The van der Waals surface area contributed by atoms with Crippen LogP contribution in [0.1, 0.15) is 118 Å². The largest absolute Gasteiger partial charge is 0.396 e. The van der Waals surface area contributed by atoms with Crippen molar-refractivity contribution in [3.8, 4) is 0 Å². The van der Waals surface area contributed by atoms with E-state index in [9.17, 15) is 10.2 Å². The molecule has 3 aliphatic carbocycles. The average molecular weight is 501 g/mol. The van der Waals surface area contributed by atoms with Crippen LogP contribution < -0.4 is 0 Å². The zero-order valence-electron chi connectivity index (χ0n) is 23.9. The van der Waals surface area contributed by atoms with E-state index in [0.29, 0.717) is 17.8 Å². The van der Waals surface area contributed by atoms with Crippen molar-refractivity contribution in [1.29, 1.82) is 0 Å². The first-order valence-electron chi connectivity index (χ1n) is 15.2. The minimum Gasteiger partial charge on any atom is -0.396 e.